The van der Waals surface area contributed by atoms with Crippen LogP contribution in [0.4, 0.5) is 5.69 Å². The quantitative estimate of drug-likeness (QED) is 0.312. The van der Waals surface area contributed by atoms with Gasteiger partial charge in [0.05, 0.1) is 15.8 Å². The highest BCUT2D eigenvalue weighted by molar-refractivity contribution is 7.21. The number of hydrogen-bond acceptors (Lipinski definition) is 5. The summed E-state index contributed by atoms with van der Waals surface area (Å²) in [6, 6.07) is 10.5. The normalized spacial score (nSPS) is 18.8. The van der Waals surface area contributed by atoms with E-state index >= 15 is 0 Å². The van der Waals surface area contributed by atoms with E-state index in [1.165, 1.54) is 22.4 Å². The Bertz CT molecular complexity index is 1470. The van der Waals surface area contributed by atoms with E-state index in [4.69, 9.17) is 9.40 Å². The van der Waals surface area contributed by atoms with Crippen molar-refractivity contribution < 1.29 is 4.42 Å². The van der Waals surface area contributed by atoms with Gasteiger partial charge in [-0.05, 0) is 66.0 Å². The Morgan fingerprint density at radius 1 is 1.03 bits per heavy atom. The molecule has 5 heteroatoms. The minimum atomic E-state index is -0.299. The van der Waals surface area contributed by atoms with Crippen LogP contribution in [0, 0.1) is 6.92 Å². The highest BCUT2D eigenvalue weighted by Gasteiger charge is 2.42. The number of fused-ring (bicyclic) bond motifs is 3. The fraction of sp³-hybridized carbons (Fsp3) is 0.407. The van der Waals surface area contributed by atoms with Gasteiger partial charge in [-0.15, -0.1) is 11.3 Å². The molecule has 2 aliphatic rings. The van der Waals surface area contributed by atoms with E-state index in [-0.39, 0.29) is 16.5 Å². The Kier molecular flexibility index (Phi) is 4.02. The first-order valence-corrected chi connectivity index (χ1v) is 12.2. The van der Waals surface area contributed by atoms with E-state index in [1.807, 2.05) is 12.1 Å². The van der Waals surface area contributed by atoms with Gasteiger partial charge in [0, 0.05) is 29.7 Å². The van der Waals surface area contributed by atoms with Crippen LogP contribution in [0.5, 0.6) is 0 Å². The Balaban J connectivity index is 1.66. The van der Waals surface area contributed by atoms with Gasteiger partial charge in [0.1, 0.15) is 10.6 Å². The van der Waals surface area contributed by atoms with Crippen LogP contribution in [0.15, 0.2) is 39.5 Å². The number of hydrogen-bond donors (Lipinski definition) is 0. The molecule has 0 unspecified atom stereocenters. The van der Waals surface area contributed by atoms with Crippen molar-refractivity contribution in [1.29, 1.82) is 0 Å². The number of rotatable bonds is 1. The summed E-state index contributed by atoms with van der Waals surface area (Å²) < 4.78 is 7.22. The molecule has 0 radical (unpaired) electrons. The van der Waals surface area contributed by atoms with Gasteiger partial charge in [0.2, 0.25) is 0 Å². The van der Waals surface area contributed by atoms with Gasteiger partial charge >= 0.3 is 5.63 Å². The second-order valence-corrected chi connectivity index (χ2v) is 11.8. The highest BCUT2D eigenvalue weighted by atomic mass is 32.1. The Labute approximate surface area is 191 Å². The molecule has 0 aliphatic carbocycles. The molecular weight excluding hydrogens is 416 g/mol. The van der Waals surface area contributed by atoms with Gasteiger partial charge in [-0.25, -0.2) is 9.78 Å². The Morgan fingerprint density at radius 2 is 1.78 bits per heavy atom. The monoisotopic (exact) mass is 444 g/mol. The van der Waals surface area contributed by atoms with Gasteiger partial charge in [0.15, 0.2) is 0 Å². The van der Waals surface area contributed by atoms with E-state index < -0.39 is 0 Å². The van der Waals surface area contributed by atoms with Crippen molar-refractivity contribution in [3.05, 3.63) is 57.4 Å². The lowest BCUT2D eigenvalue weighted by molar-refractivity contribution is 0.398. The van der Waals surface area contributed by atoms with Crippen molar-refractivity contribution in [3.8, 4) is 10.6 Å². The van der Waals surface area contributed by atoms with E-state index in [0.717, 1.165) is 52.1 Å². The molecule has 32 heavy (non-hydrogen) atoms. The Hall–Kier alpha value is -2.66. The van der Waals surface area contributed by atoms with Gasteiger partial charge in [-0.1, -0.05) is 33.8 Å². The molecule has 6 rings (SSSR count). The van der Waals surface area contributed by atoms with Crippen LogP contribution in [0.3, 0.4) is 0 Å². The standard InChI is InChI=1S/C27H28N2O2S/c1-15-6-7-19-20(12-15)32-24(28-19)17-13-16-14-18-22-21(23(16)31-25(17)30)27(4,5)9-11-29(22)10-8-26(18,2)3/h6-7,12-14H,8-11H2,1-5H3. The second-order valence-electron chi connectivity index (χ2n) is 10.8. The molecule has 4 aromatic rings. The lowest BCUT2D eigenvalue weighted by atomic mass is 9.69. The maximum Gasteiger partial charge on any atom is 0.346 e. The summed E-state index contributed by atoms with van der Waals surface area (Å²) in [4.78, 5) is 20.5. The van der Waals surface area contributed by atoms with Gasteiger partial charge in [0.25, 0.3) is 0 Å². The van der Waals surface area contributed by atoms with Crippen LogP contribution in [-0.4, -0.2) is 18.1 Å². The smallest absolute Gasteiger partial charge is 0.346 e. The van der Waals surface area contributed by atoms with Crippen molar-refractivity contribution in [1.82, 2.24) is 4.98 Å². The summed E-state index contributed by atoms with van der Waals surface area (Å²) in [5.41, 5.74) is 7.05. The number of anilines is 1. The lowest BCUT2D eigenvalue weighted by Gasteiger charge is -2.48. The minimum Gasteiger partial charge on any atom is -0.422 e. The van der Waals surface area contributed by atoms with Crippen LogP contribution >= 0.6 is 11.3 Å². The van der Waals surface area contributed by atoms with Crippen LogP contribution in [0.25, 0.3) is 31.8 Å². The molecule has 0 fully saturated rings. The molecule has 0 N–H and O–H groups in total. The van der Waals surface area contributed by atoms with Crippen molar-refractivity contribution in [3.63, 3.8) is 0 Å². The molecule has 0 bridgehead atoms. The molecule has 0 atom stereocenters. The summed E-state index contributed by atoms with van der Waals surface area (Å²) >= 11 is 1.56. The molecule has 4 nitrogen and oxygen atoms in total. The zero-order chi connectivity index (χ0) is 22.4. The summed E-state index contributed by atoms with van der Waals surface area (Å²) in [7, 11) is 0. The molecule has 0 spiro atoms. The van der Waals surface area contributed by atoms with E-state index in [9.17, 15) is 4.79 Å². The molecule has 0 saturated carbocycles. The lowest BCUT2D eigenvalue weighted by Crippen LogP contribution is -2.44. The number of thiazole rings is 1. The fourth-order valence-corrected chi connectivity index (χ4v) is 6.52. The molecule has 4 heterocycles. The third-order valence-electron chi connectivity index (χ3n) is 7.51. The fourth-order valence-electron chi connectivity index (χ4n) is 5.45. The number of aromatic nitrogens is 1. The van der Waals surface area contributed by atoms with Crippen molar-refractivity contribution >= 4 is 38.2 Å². The third-order valence-corrected chi connectivity index (χ3v) is 8.56. The first-order chi connectivity index (χ1) is 15.1. The van der Waals surface area contributed by atoms with Crippen LogP contribution in [0.1, 0.15) is 57.2 Å². The Morgan fingerprint density at radius 3 is 2.56 bits per heavy atom. The largest absolute Gasteiger partial charge is 0.422 e. The molecule has 164 valence electrons. The van der Waals surface area contributed by atoms with Crippen LogP contribution in [-0.2, 0) is 10.8 Å². The van der Waals surface area contributed by atoms with Gasteiger partial charge in [-0.3, -0.25) is 0 Å². The molecular formula is C27H28N2O2S. The third kappa shape index (κ3) is 2.80. The van der Waals surface area contributed by atoms with Gasteiger partial charge in [-0.2, -0.15) is 0 Å². The van der Waals surface area contributed by atoms with E-state index in [0.29, 0.717) is 5.56 Å². The molecule has 2 aromatic carbocycles. The predicted molar refractivity (Wildman–Crippen MR) is 133 cm³/mol. The molecule has 0 amide bonds. The molecule has 2 aliphatic heterocycles. The number of nitrogens with zero attached hydrogens (tertiary/aromatic N) is 2. The van der Waals surface area contributed by atoms with Gasteiger partial charge < -0.3 is 9.32 Å². The van der Waals surface area contributed by atoms with Crippen molar-refractivity contribution in [2.45, 2.75) is 58.3 Å². The van der Waals surface area contributed by atoms with E-state index in [1.54, 1.807) is 11.3 Å². The SMILES string of the molecule is Cc1ccc2nc(-c3cc4cc5c6c(c4oc3=O)C(C)(C)CCN6CCC5(C)C)sc2c1. The zero-order valence-corrected chi connectivity index (χ0v) is 20.2. The van der Waals surface area contributed by atoms with Crippen molar-refractivity contribution in [2.24, 2.45) is 0 Å². The predicted octanol–water partition coefficient (Wildman–Crippen LogP) is 6.55. The van der Waals surface area contributed by atoms with Crippen molar-refractivity contribution in [2.75, 3.05) is 18.0 Å². The molecule has 0 saturated heterocycles. The maximum absolute atomic E-state index is 13.2. The second kappa shape index (κ2) is 6.44. The summed E-state index contributed by atoms with van der Waals surface area (Å²) in [6.07, 6.45) is 2.19. The average Bonchev–Trinajstić information content (AvgIpc) is 3.14. The summed E-state index contributed by atoms with van der Waals surface area (Å²) in [5, 5.41) is 1.74. The minimum absolute atomic E-state index is 0.0433. The molecule has 2 aromatic heterocycles. The summed E-state index contributed by atoms with van der Waals surface area (Å²) in [5.74, 6) is 0. The average molecular weight is 445 g/mol. The van der Waals surface area contributed by atoms with Crippen LogP contribution < -0.4 is 10.5 Å². The first-order valence-electron chi connectivity index (χ1n) is 11.4. The number of benzene rings is 2. The summed E-state index contributed by atoms with van der Waals surface area (Å²) in [6.45, 7) is 13.4. The zero-order valence-electron chi connectivity index (χ0n) is 19.3. The number of aryl methyl sites for hydroxylation is 1. The topological polar surface area (TPSA) is 46.3 Å². The van der Waals surface area contributed by atoms with E-state index in [2.05, 4.69) is 57.7 Å². The highest BCUT2D eigenvalue weighted by Crippen LogP contribution is 2.51. The van der Waals surface area contributed by atoms with Crippen LogP contribution in [0.2, 0.25) is 0 Å². The maximum atomic E-state index is 13.2. The first kappa shape index (κ1) is 20.0.